The Balaban J connectivity index is 2.09. The zero-order chi connectivity index (χ0) is 17.3. The standard InChI is InChI=1S/C17H23F2NO3/c1-16(2,3)23-15(21)20-10-9-14(17(18,19)11-20)12-5-7-13(22-4)8-6-12/h5-8,14H,9-11H2,1-4H3. The number of carbonyl (C=O) groups excluding carboxylic acids is 1. The van der Waals surface area contributed by atoms with Crippen LogP contribution in [0, 0.1) is 0 Å². The van der Waals surface area contributed by atoms with E-state index in [9.17, 15) is 13.6 Å². The minimum absolute atomic E-state index is 0.193. The van der Waals surface area contributed by atoms with E-state index in [2.05, 4.69) is 0 Å². The molecular weight excluding hydrogens is 304 g/mol. The fraction of sp³-hybridized carbons (Fsp3) is 0.588. The summed E-state index contributed by atoms with van der Waals surface area (Å²) in [4.78, 5) is 13.1. The summed E-state index contributed by atoms with van der Waals surface area (Å²) >= 11 is 0. The number of nitrogens with zero attached hydrogens (tertiary/aromatic N) is 1. The Morgan fingerprint density at radius 3 is 2.35 bits per heavy atom. The molecule has 2 rings (SSSR count). The van der Waals surface area contributed by atoms with Crippen molar-refractivity contribution in [3.8, 4) is 5.75 Å². The Hall–Kier alpha value is -1.85. The monoisotopic (exact) mass is 327 g/mol. The third kappa shape index (κ3) is 4.33. The van der Waals surface area contributed by atoms with Crippen LogP contribution in [-0.2, 0) is 4.74 Å². The Morgan fingerprint density at radius 2 is 1.87 bits per heavy atom. The molecule has 0 saturated carbocycles. The molecule has 1 atom stereocenters. The van der Waals surface area contributed by atoms with Crippen molar-refractivity contribution in [1.29, 1.82) is 0 Å². The van der Waals surface area contributed by atoms with Crippen LogP contribution in [0.5, 0.6) is 5.75 Å². The number of carbonyl (C=O) groups is 1. The van der Waals surface area contributed by atoms with Crippen LogP contribution in [0.2, 0.25) is 0 Å². The molecule has 1 aliphatic rings. The Labute approximate surface area is 135 Å². The summed E-state index contributed by atoms with van der Waals surface area (Å²) in [7, 11) is 1.53. The van der Waals surface area contributed by atoms with Crippen LogP contribution in [0.15, 0.2) is 24.3 Å². The van der Waals surface area contributed by atoms with E-state index in [1.807, 2.05) is 0 Å². The van der Waals surface area contributed by atoms with Gasteiger partial charge < -0.3 is 14.4 Å². The summed E-state index contributed by atoms with van der Waals surface area (Å²) in [6.45, 7) is 4.77. The summed E-state index contributed by atoms with van der Waals surface area (Å²) < 4.78 is 39.2. The number of piperidine rings is 1. The molecule has 0 radical (unpaired) electrons. The molecule has 0 aromatic heterocycles. The molecule has 0 bridgehead atoms. The number of benzene rings is 1. The largest absolute Gasteiger partial charge is 0.497 e. The van der Waals surface area contributed by atoms with Crippen LogP contribution in [0.4, 0.5) is 13.6 Å². The van der Waals surface area contributed by atoms with Crippen molar-refractivity contribution in [2.75, 3.05) is 20.2 Å². The van der Waals surface area contributed by atoms with Gasteiger partial charge in [0.05, 0.1) is 19.6 Å². The van der Waals surface area contributed by atoms with Gasteiger partial charge in [-0.15, -0.1) is 0 Å². The Bertz CT molecular complexity index is 552. The predicted octanol–water partition coefficient (Wildman–Crippen LogP) is 4.05. The quantitative estimate of drug-likeness (QED) is 0.822. The average molecular weight is 327 g/mol. The van der Waals surface area contributed by atoms with Gasteiger partial charge >= 0.3 is 6.09 Å². The van der Waals surface area contributed by atoms with Crippen molar-refractivity contribution < 1.29 is 23.0 Å². The smallest absolute Gasteiger partial charge is 0.410 e. The first-order chi connectivity index (χ1) is 10.6. The number of hydrogen-bond acceptors (Lipinski definition) is 3. The van der Waals surface area contributed by atoms with Crippen LogP contribution >= 0.6 is 0 Å². The van der Waals surface area contributed by atoms with Crippen LogP contribution in [0.3, 0.4) is 0 Å². The topological polar surface area (TPSA) is 38.8 Å². The molecule has 1 unspecified atom stereocenters. The van der Waals surface area contributed by atoms with Gasteiger partial charge in [-0.25, -0.2) is 13.6 Å². The normalized spacial score (nSPS) is 21.0. The maximum atomic E-state index is 14.5. The van der Waals surface area contributed by atoms with E-state index in [-0.39, 0.29) is 13.0 Å². The second-order valence-corrected chi connectivity index (χ2v) is 6.78. The Morgan fingerprint density at radius 1 is 1.26 bits per heavy atom. The summed E-state index contributed by atoms with van der Waals surface area (Å²) in [6.07, 6.45) is -0.496. The lowest BCUT2D eigenvalue weighted by Crippen LogP contribution is -2.50. The van der Waals surface area contributed by atoms with Crippen molar-refractivity contribution in [2.24, 2.45) is 0 Å². The van der Waals surface area contributed by atoms with E-state index in [4.69, 9.17) is 9.47 Å². The first kappa shape index (κ1) is 17.5. The molecule has 1 aromatic carbocycles. The molecule has 0 aliphatic carbocycles. The van der Waals surface area contributed by atoms with Crippen molar-refractivity contribution in [2.45, 2.75) is 44.6 Å². The van der Waals surface area contributed by atoms with E-state index in [1.165, 1.54) is 7.11 Å². The summed E-state index contributed by atoms with van der Waals surface area (Å²) in [5, 5.41) is 0. The highest BCUT2D eigenvalue weighted by Crippen LogP contribution is 2.40. The minimum atomic E-state index is -3.00. The van der Waals surface area contributed by atoms with E-state index < -0.39 is 30.1 Å². The lowest BCUT2D eigenvalue weighted by atomic mass is 9.86. The van der Waals surface area contributed by atoms with Gasteiger partial charge in [0.2, 0.25) is 0 Å². The van der Waals surface area contributed by atoms with Crippen molar-refractivity contribution in [1.82, 2.24) is 4.90 Å². The highest BCUT2D eigenvalue weighted by atomic mass is 19.3. The van der Waals surface area contributed by atoms with Gasteiger partial charge in [-0.2, -0.15) is 0 Å². The van der Waals surface area contributed by atoms with E-state index in [1.54, 1.807) is 45.0 Å². The number of hydrogen-bond donors (Lipinski definition) is 0. The third-order valence-corrected chi connectivity index (χ3v) is 3.77. The van der Waals surface area contributed by atoms with Gasteiger partial charge in [0.15, 0.2) is 0 Å². The minimum Gasteiger partial charge on any atom is -0.497 e. The first-order valence-corrected chi connectivity index (χ1v) is 7.62. The second kappa shape index (κ2) is 6.34. The molecule has 1 fully saturated rings. The van der Waals surface area contributed by atoms with Crippen LogP contribution in [0.1, 0.15) is 38.7 Å². The fourth-order valence-corrected chi connectivity index (χ4v) is 2.67. The van der Waals surface area contributed by atoms with E-state index in [0.29, 0.717) is 11.3 Å². The molecule has 23 heavy (non-hydrogen) atoms. The van der Waals surface area contributed by atoms with E-state index in [0.717, 1.165) is 4.90 Å². The number of likely N-dealkylation sites (tertiary alicyclic amines) is 1. The molecule has 128 valence electrons. The number of methoxy groups -OCH3 is 1. The molecule has 1 aromatic rings. The average Bonchev–Trinajstić information content (AvgIpc) is 2.44. The molecule has 1 aliphatic heterocycles. The maximum absolute atomic E-state index is 14.5. The number of rotatable bonds is 2. The Kier molecular flexibility index (Phi) is 4.82. The van der Waals surface area contributed by atoms with Crippen LogP contribution in [0.25, 0.3) is 0 Å². The first-order valence-electron chi connectivity index (χ1n) is 7.62. The molecular formula is C17H23F2NO3. The number of halogens is 2. The van der Waals surface area contributed by atoms with Gasteiger partial charge in [-0.05, 0) is 44.9 Å². The molecule has 0 spiro atoms. The fourth-order valence-electron chi connectivity index (χ4n) is 2.67. The number of alkyl halides is 2. The second-order valence-electron chi connectivity index (χ2n) is 6.78. The summed E-state index contributed by atoms with van der Waals surface area (Å²) in [5.74, 6) is -3.28. The van der Waals surface area contributed by atoms with Crippen LogP contribution < -0.4 is 4.74 Å². The molecule has 6 heteroatoms. The lowest BCUT2D eigenvalue weighted by molar-refractivity contribution is -0.0848. The van der Waals surface area contributed by atoms with Gasteiger partial charge in [-0.3, -0.25) is 0 Å². The SMILES string of the molecule is COc1ccc(C2CCN(C(=O)OC(C)(C)C)CC2(F)F)cc1. The molecule has 1 saturated heterocycles. The number of ether oxygens (including phenoxy) is 2. The van der Waals surface area contributed by atoms with Crippen molar-refractivity contribution in [3.05, 3.63) is 29.8 Å². The molecule has 1 heterocycles. The lowest BCUT2D eigenvalue weighted by Gasteiger charge is -2.39. The summed E-state index contributed by atoms with van der Waals surface area (Å²) in [5.41, 5.74) is -0.140. The maximum Gasteiger partial charge on any atom is 0.410 e. The number of amides is 1. The van der Waals surface area contributed by atoms with Crippen molar-refractivity contribution in [3.63, 3.8) is 0 Å². The highest BCUT2D eigenvalue weighted by Gasteiger charge is 2.47. The van der Waals surface area contributed by atoms with Gasteiger partial charge in [0.1, 0.15) is 11.4 Å². The summed E-state index contributed by atoms with van der Waals surface area (Å²) in [6, 6.07) is 6.65. The van der Waals surface area contributed by atoms with Gasteiger partial charge in [0.25, 0.3) is 5.92 Å². The zero-order valence-electron chi connectivity index (χ0n) is 13.9. The highest BCUT2D eigenvalue weighted by molar-refractivity contribution is 5.68. The third-order valence-electron chi connectivity index (χ3n) is 3.77. The van der Waals surface area contributed by atoms with Gasteiger partial charge in [0, 0.05) is 6.54 Å². The predicted molar refractivity (Wildman–Crippen MR) is 83.1 cm³/mol. The van der Waals surface area contributed by atoms with Gasteiger partial charge in [-0.1, -0.05) is 12.1 Å². The van der Waals surface area contributed by atoms with E-state index >= 15 is 0 Å². The molecule has 4 nitrogen and oxygen atoms in total. The molecule has 0 N–H and O–H groups in total. The molecule has 1 amide bonds. The van der Waals surface area contributed by atoms with Crippen LogP contribution in [-0.4, -0.2) is 42.7 Å². The van der Waals surface area contributed by atoms with Crippen molar-refractivity contribution >= 4 is 6.09 Å². The zero-order valence-corrected chi connectivity index (χ0v) is 13.9.